The van der Waals surface area contributed by atoms with Gasteiger partial charge in [0.25, 0.3) is 0 Å². The van der Waals surface area contributed by atoms with Gasteiger partial charge in [-0.3, -0.25) is 4.68 Å². The van der Waals surface area contributed by atoms with E-state index in [9.17, 15) is 0 Å². The lowest BCUT2D eigenvalue weighted by Gasteiger charge is -2.06. The summed E-state index contributed by atoms with van der Waals surface area (Å²) in [5, 5.41) is 4.22. The molecule has 2 aromatic rings. The van der Waals surface area contributed by atoms with Gasteiger partial charge in [-0.1, -0.05) is 6.92 Å². The number of imidazole rings is 1. The van der Waals surface area contributed by atoms with Crippen molar-refractivity contribution in [2.24, 2.45) is 0 Å². The Bertz CT molecular complexity index is 432. The second-order valence-corrected chi connectivity index (χ2v) is 4.35. The third-order valence-electron chi connectivity index (χ3n) is 2.19. The normalized spacial score (nSPS) is 10.8. The van der Waals surface area contributed by atoms with Gasteiger partial charge in [0.1, 0.15) is 0 Å². The lowest BCUT2D eigenvalue weighted by Crippen LogP contribution is -2.07. The SMILES string of the molecule is CCCn1cncc1Cn1cc(Br)cn1. The van der Waals surface area contributed by atoms with Gasteiger partial charge in [0.15, 0.2) is 0 Å². The zero-order valence-electron chi connectivity index (χ0n) is 8.60. The minimum absolute atomic E-state index is 0.769. The number of nitrogens with zero attached hydrogens (tertiary/aromatic N) is 4. The van der Waals surface area contributed by atoms with E-state index in [4.69, 9.17) is 0 Å². The summed E-state index contributed by atoms with van der Waals surface area (Å²) in [4.78, 5) is 4.15. The van der Waals surface area contributed by atoms with Crippen molar-refractivity contribution >= 4 is 15.9 Å². The van der Waals surface area contributed by atoms with Gasteiger partial charge in [0.2, 0.25) is 0 Å². The molecule has 2 heterocycles. The van der Waals surface area contributed by atoms with Crippen LogP contribution in [-0.2, 0) is 13.1 Å². The molecular weight excluding hydrogens is 256 g/mol. The van der Waals surface area contributed by atoms with E-state index >= 15 is 0 Å². The quantitative estimate of drug-likeness (QED) is 0.853. The van der Waals surface area contributed by atoms with E-state index in [2.05, 4.69) is 37.5 Å². The number of aromatic nitrogens is 4. The number of halogens is 1. The summed E-state index contributed by atoms with van der Waals surface area (Å²) in [5.74, 6) is 0. The molecule has 0 aromatic carbocycles. The van der Waals surface area contributed by atoms with Crippen LogP contribution in [0.5, 0.6) is 0 Å². The second-order valence-electron chi connectivity index (χ2n) is 3.43. The van der Waals surface area contributed by atoms with Crippen LogP contribution in [0.25, 0.3) is 0 Å². The number of aryl methyl sites for hydroxylation is 1. The first-order chi connectivity index (χ1) is 7.29. The molecule has 0 aliphatic carbocycles. The largest absolute Gasteiger partial charge is 0.333 e. The Morgan fingerprint density at radius 2 is 2.27 bits per heavy atom. The van der Waals surface area contributed by atoms with Crippen LogP contribution < -0.4 is 0 Å². The molecule has 5 heteroatoms. The molecule has 2 rings (SSSR count). The van der Waals surface area contributed by atoms with Crippen LogP contribution in [0.3, 0.4) is 0 Å². The molecule has 0 N–H and O–H groups in total. The smallest absolute Gasteiger partial charge is 0.0948 e. The summed E-state index contributed by atoms with van der Waals surface area (Å²) in [7, 11) is 0. The maximum absolute atomic E-state index is 4.22. The fourth-order valence-corrected chi connectivity index (χ4v) is 1.84. The summed E-state index contributed by atoms with van der Waals surface area (Å²) in [6.45, 7) is 3.94. The van der Waals surface area contributed by atoms with Crippen LogP contribution in [0.2, 0.25) is 0 Å². The minimum Gasteiger partial charge on any atom is -0.333 e. The average molecular weight is 269 g/mol. The molecule has 0 aliphatic heterocycles. The van der Waals surface area contributed by atoms with Crippen molar-refractivity contribution in [2.45, 2.75) is 26.4 Å². The fourth-order valence-electron chi connectivity index (χ4n) is 1.51. The highest BCUT2D eigenvalue weighted by molar-refractivity contribution is 9.10. The molecule has 0 aliphatic rings. The third-order valence-corrected chi connectivity index (χ3v) is 2.60. The Morgan fingerprint density at radius 1 is 1.40 bits per heavy atom. The van der Waals surface area contributed by atoms with Crippen molar-refractivity contribution in [3.05, 3.63) is 35.1 Å². The van der Waals surface area contributed by atoms with Gasteiger partial charge in [0, 0.05) is 12.7 Å². The second kappa shape index (κ2) is 4.61. The van der Waals surface area contributed by atoms with Gasteiger partial charge >= 0.3 is 0 Å². The Balaban J connectivity index is 2.13. The maximum Gasteiger partial charge on any atom is 0.0948 e. The molecular formula is C10H13BrN4. The van der Waals surface area contributed by atoms with Crippen molar-refractivity contribution in [1.29, 1.82) is 0 Å². The molecule has 0 atom stereocenters. The summed E-state index contributed by atoms with van der Waals surface area (Å²) >= 11 is 3.38. The Hall–Kier alpha value is -1.10. The first-order valence-corrected chi connectivity index (χ1v) is 5.76. The van der Waals surface area contributed by atoms with E-state index in [1.54, 1.807) is 6.20 Å². The molecule has 0 saturated carbocycles. The highest BCUT2D eigenvalue weighted by Crippen LogP contribution is 2.09. The Labute approximate surface area is 97.1 Å². The van der Waals surface area contributed by atoms with E-state index in [-0.39, 0.29) is 0 Å². The summed E-state index contributed by atoms with van der Waals surface area (Å²) in [6.07, 6.45) is 8.64. The predicted octanol–water partition coefficient (Wildman–Crippen LogP) is 2.30. The van der Waals surface area contributed by atoms with Crippen LogP contribution in [0.4, 0.5) is 0 Å². The first kappa shape index (κ1) is 10.4. The standard InChI is InChI=1S/C10H13BrN4/c1-2-3-14-8-12-5-10(14)7-15-6-9(11)4-13-15/h4-6,8H,2-3,7H2,1H3. The van der Waals surface area contributed by atoms with E-state index < -0.39 is 0 Å². The van der Waals surface area contributed by atoms with Crippen molar-refractivity contribution in [3.63, 3.8) is 0 Å². The van der Waals surface area contributed by atoms with Crippen LogP contribution in [-0.4, -0.2) is 19.3 Å². The van der Waals surface area contributed by atoms with E-state index in [0.29, 0.717) is 0 Å². The van der Waals surface area contributed by atoms with Gasteiger partial charge in [0.05, 0.1) is 35.4 Å². The summed E-state index contributed by atoms with van der Waals surface area (Å²) < 4.78 is 5.06. The third kappa shape index (κ3) is 2.47. The highest BCUT2D eigenvalue weighted by atomic mass is 79.9. The minimum atomic E-state index is 0.769. The molecule has 0 unspecified atom stereocenters. The number of hydrogen-bond acceptors (Lipinski definition) is 2. The van der Waals surface area contributed by atoms with Crippen molar-refractivity contribution in [3.8, 4) is 0 Å². The molecule has 0 saturated heterocycles. The van der Waals surface area contributed by atoms with Crippen LogP contribution in [0.1, 0.15) is 19.0 Å². The van der Waals surface area contributed by atoms with Gasteiger partial charge in [-0.25, -0.2) is 4.98 Å². The highest BCUT2D eigenvalue weighted by Gasteiger charge is 2.03. The van der Waals surface area contributed by atoms with E-state index in [1.807, 2.05) is 23.4 Å². The molecule has 0 bridgehead atoms. The van der Waals surface area contributed by atoms with Crippen molar-refractivity contribution in [1.82, 2.24) is 19.3 Å². The molecule has 80 valence electrons. The van der Waals surface area contributed by atoms with Gasteiger partial charge in [-0.15, -0.1) is 0 Å². The van der Waals surface area contributed by atoms with Crippen LogP contribution in [0.15, 0.2) is 29.4 Å². The molecule has 2 aromatic heterocycles. The van der Waals surface area contributed by atoms with E-state index in [0.717, 1.165) is 24.0 Å². The van der Waals surface area contributed by atoms with Crippen LogP contribution >= 0.6 is 15.9 Å². The van der Waals surface area contributed by atoms with Gasteiger partial charge < -0.3 is 4.57 Å². The Kier molecular flexibility index (Phi) is 3.20. The number of rotatable bonds is 4. The molecule has 15 heavy (non-hydrogen) atoms. The van der Waals surface area contributed by atoms with Gasteiger partial charge in [-0.05, 0) is 22.4 Å². The fraction of sp³-hybridized carbons (Fsp3) is 0.400. The lowest BCUT2D eigenvalue weighted by atomic mass is 10.4. The summed E-state index contributed by atoms with van der Waals surface area (Å²) in [5.41, 5.74) is 1.19. The molecule has 0 fully saturated rings. The maximum atomic E-state index is 4.22. The lowest BCUT2D eigenvalue weighted by molar-refractivity contribution is 0.596. The van der Waals surface area contributed by atoms with Crippen molar-refractivity contribution in [2.75, 3.05) is 0 Å². The van der Waals surface area contributed by atoms with Gasteiger partial charge in [-0.2, -0.15) is 5.10 Å². The first-order valence-electron chi connectivity index (χ1n) is 4.96. The zero-order valence-corrected chi connectivity index (χ0v) is 10.2. The Morgan fingerprint density at radius 3 is 2.93 bits per heavy atom. The van der Waals surface area contributed by atoms with Crippen molar-refractivity contribution < 1.29 is 0 Å². The molecule has 0 amide bonds. The van der Waals surface area contributed by atoms with Crippen LogP contribution in [0, 0.1) is 0 Å². The van der Waals surface area contributed by atoms with E-state index in [1.165, 1.54) is 5.69 Å². The molecule has 0 spiro atoms. The summed E-state index contributed by atoms with van der Waals surface area (Å²) in [6, 6.07) is 0. The molecule has 0 radical (unpaired) electrons. The predicted molar refractivity (Wildman–Crippen MR) is 61.5 cm³/mol. The topological polar surface area (TPSA) is 35.6 Å². The monoisotopic (exact) mass is 268 g/mol. The average Bonchev–Trinajstić information content (AvgIpc) is 2.78. The number of hydrogen-bond donors (Lipinski definition) is 0. The molecule has 4 nitrogen and oxygen atoms in total. The zero-order chi connectivity index (χ0) is 10.7.